The van der Waals surface area contributed by atoms with E-state index in [0.717, 1.165) is 22.6 Å². The van der Waals surface area contributed by atoms with Crippen LogP contribution in [0.2, 0.25) is 0 Å². The Balaban J connectivity index is 1.32. The van der Waals surface area contributed by atoms with Crippen LogP contribution < -0.4 is 15.0 Å². The van der Waals surface area contributed by atoms with Crippen LogP contribution >= 0.6 is 0 Å². The number of nitrogens with zero attached hydrogens (tertiary/aromatic N) is 5. The Morgan fingerprint density at radius 3 is 2.34 bits per heavy atom. The largest absolute Gasteiger partial charge is 0.497 e. The highest BCUT2D eigenvalue weighted by Crippen LogP contribution is 2.42. The number of halogens is 2. The number of hydrogen-bond acceptors (Lipinski definition) is 6. The van der Waals surface area contributed by atoms with E-state index in [4.69, 9.17) is 4.74 Å². The molecule has 254 valence electrons. The summed E-state index contributed by atoms with van der Waals surface area (Å²) in [6.45, 7) is 2.97. The molecule has 1 fully saturated rings. The highest BCUT2D eigenvalue weighted by atomic mass is 19.2. The first-order valence-corrected chi connectivity index (χ1v) is 16.5. The quantitative estimate of drug-likeness (QED) is 0.209. The fourth-order valence-corrected chi connectivity index (χ4v) is 7.05. The molecule has 11 heteroatoms. The summed E-state index contributed by atoms with van der Waals surface area (Å²) in [7, 11) is 1.56. The van der Waals surface area contributed by atoms with Gasteiger partial charge in [0.25, 0.3) is 0 Å². The predicted molar refractivity (Wildman–Crippen MR) is 183 cm³/mol. The van der Waals surface area contributed by atoms with E-state index in [2.05, 4.69) is 22.4 Å². The van der Waals surface area contributed by atoms with Gasteiger partial charge < -0.3 is 10.1 Å². The number of likely N-dealkylation sites (tertiary alicyclic amines) is 1. The van der Waals surface area contributed by atoms with Gasteiger partial charge in [0.1, 0.15) is 5.75 Å². The second-order valence-corrected chi connectivity index (χ2v) is 12.5. The van der Waals surface area contributed by atoms with Gasteiger partial charge in [-0.05, 0) is 72.4 Å². The third-order valence-corrected chi connectivity index (χ3v) is 9.74. The molecule has 0 aromatic heterocycles. The van der Waals surface area contributed by atoms with E-state index in [1.807, 2.05) is 31.2 Å². The summed E-state index contributed by atoms with van der Waals surface area (Å²) in [6, 6.07) is 27.2. The summed E-state index contributed by atoms with van der Waals surface area (Å²) in [5, 5.41) is 23.0. The lowest BCUT2D eigenvalue weighted by Gasteiger charge is -2.44. The number of para-hydroxylation sites is 1. The molecule has 50 heavy (non-hydrogen) atoms. The van der Waals surface area contributed by atoms with Crippen LogP contribution in [0.15, 0.2) is 91.0 Å². The molecule has 2 aliphatic heterocycles. The number of amides is 4. The molecule has 4 aromatic rings. The van der Waals surface area contributed by atoms with Crippen molar-refractivity contribution < 1.29 is 23.1 Å². The smallest absolute Gasteiger partial charge is 0.333 e. The van der Waals surface area contributed by atoms with Gasteiger partial charge in [-0.2, -0.15) is 10.5 Å². The normalized spacial score (nSPS) is 17.6. The summed E-state index contributed by atoms with van der Waals surface area (Å²) in [6.07, 6.45) is 0.871. The molecule has 6 rings (SSSR count). The van der Waals surface area contributed by atoms with Crippen LogP contribution in [0.25, 0.3) is 0 Å². The number of urea groups is 2. The van der Waals surface area contributed by atoms with Crippen molar-refractivity contribution in [1.82, 2.24) is 15.1 Å². The lowest BCUT2D eigenvalue weighted by Crippen LogP contribution is -2.59. The molecule has 2 unspecified atom stereocenters. The number of rotatable bonds is 8. The second kappa shape index (κ2) is 14.4. The van der Waals surface area contributed by atoms with Crippen molar-refractivity contribution in [1.29, 1.82) is 10.5 Å². The van der Waals surface area contributed by atoms with Gasteiger partial charge in [0, 0.05) is 18.7 Å². The van der Waals surface area contributed by atoms with Crippen molar-refractivity contribution in [3.63, 3.8) is 0 Å². The molecule has 0 radical (unpaired) electrons. The predicted octanol–water partition coefficient (Wildman–Crippen LogP) is 7.38. The van der Waals surface area contributed by atoms with Gasteiger partial charge in [-0.3, -0.25) is 9.80 Å². The Morgan fingerprint density at radius 1 is 0.980 bits per heavy atom. The van der Waals surface area contributed by atoms with Crippen LogP contribution in [-0.4, -0.2) is 48.2 Å². The van der Waals surface area contributed by atoms with Crippen molar-refractivity contribution in [2.24, 2.45) is 0 Å². The number of carbonyl (C=O) groups excluding carboxylic acids is 2. The highest BCUT2D eigenvalue weighted by Gasteiger charge is 2.44. The molecule has 0 spiro atoms. The minimum atomic E-state index is -1.09. The number of nitrogens with one attached hydrogen (secondary N) is 1. The topological polar surface area (TPSA) is 113 Å². The fourth-order valence-electron chi connectivity index (χ4n) is 7.05. The van der Waals surface area contributed by atoms with Gasteiger partial charge in [-0.25, -0.2) is 23.3 Å². The summed E-state index contributed by atoms with van der Waals surface area (Å²) < 4.78 is 34.1. The molecule has 9 nitrogen and oxygen atoms in total. The lowest BCUT2D eigenvalue weighted by atomic mass is 9.72. The number of anilines is 1. The number of hydrogen-bond donors (Lipinski definition) is 1. The summed E-state index contributed by atoms with van der Waals surface area (Å²) in [5.41, 5.74) is 2.46. The van der Waals surface area contributed by atoms with Gasteiger partial charge in [-0.1, -0.05) is 61.5 Å². The first-order valence-electron chi connectivity index (χ1n) is 16.5. The Labute approximate surface area is 289 Å². The van der Waals surface area contributed by atoms with Crippen molar-refractivity contribution in [2.75, 3.05) is 25.1 Å². The van der Waals surface area contributed by atoms with Crippen LogP contribution in [0.3, 0.4) is 0 Å². The van der Waals surface area contributed by atoms with Crippen LogP contribution in [0.1, 0.15) is 60.0 Å². The van der Waals surface area contributed by atoms with E-state index in [0.29, 0.717) is 60.5 Å². The summed E-state index contributed by atoms with van der Waals surface area (Å²) in [5.74, 6) is -1.47. The number of methoxy groups -OCH3 is 1. The molecule has 2 aliphatic rings. The molecule has 4 aromatic carbocycles. The van der Waals surface area contributed by atoms with Gasteiger partial charge in [0.05, 0.1) is 54.7 Å². The summed E-state index contributed by atoms with van der Waals surface area (Å²) in [4.78, 5) is 33.5. The number of carbonyl (C=O) groups is 2. The van der Waals surface area contributed by atoms with E-state index in [1.54, 1.807) is 55.6 Å². The standard InChI is InChI=1S/C39H36F2N6O3/c1-3-35(45-20-18-39(25-43,19-21-45)31-10-6-4-8-28(31)23-42)44-37(48)47-36(27-14-17-32(40)33(41)22-27)30-9-5-7-11-34(30)46(38(47)49)24-26-12-15-29(50-2)16-13-26/h4-17,22,35-36H,3,18-21,24H2,1-2H3,(H,44,48). The molecule has 0 aliphatic carbocycles. The molecule has 2 heterocycles. The number of piperidine rings is 1. The van der Waals surface area contributed by atoms with Crippen molar-refractivity contribution in [2.45, 2.75) is 50.4 Å². The van der Waals surface area contributed by atoms with Crippen LogP contribution in [0.4, 0.5) is 24.1 Å². The van der Waals surface area contributed by atoms with Crippen LogP contribution in [-0.2, 0) is 12.0 Å². The zero-order valence-electron chi connectivity index (χ0n) is 27.8. The average molecular weight is 675 g/mol. The molecular formula is C39H36F2N6O3. The van der Waals surface area contributed by atoms with Gasteiger partial charge in [0.2, 0.25) is 0 Å². The summed E-state index contributed by atoms with van der Waals surface area (Å²) >= 11 is 0. The molecule has 1 N–H and O–H groups in total. The first kappa shape index (κ1) is 34.1. The highest BCUT2D eigenvalue weighted by molar-refractivity contribution is 6.05. The molecule has 0 bridgehead atoms. The Kier molecular flexibility index (Phi) is 9.80. The Bertz CT molecular complexity index is 1980. The monoisotopic (exact) mass is 674 g/mol. The number of fused-ring (bicyclic) bond motifs is 1. The number of ether oxygens (including phenoxy) is 1. The van der Waals surface area contributed by atoms with Gasteiger partial charge in [0.15, 0.2) is 11.6 Å². The average Bonchev–Trinajstić information content (AvgIpc) is 3.16. The van der Waals surface area contributed by atoms with Crippen molar-refractivity contribution >= 4 is 17.7 Å². The zero-order valence-corrected chi connectivity index (χ0v) is 27.8. The molecular weight excluding hydrogens is 638 g/mol. The van der Waals surface area contributed by atoms with E-state index >= 15 is 0 Å². The number of nitriles is 2. The maximum absolute atomic E-state index is 14.7. The Morgan fingerprint density at radius 2 is 1.68 bits per heavy atom. The second-order valence-electron chi connectivity index (χ2n) is 12.5. The molecule has 2 atom stereocenters. The molecule has 1 saturated heterocycles. The maximum atomic E-state index is 14.7. The zero-order chi connectivity index (χ0) is 35.4. The maximum Gasteiger partial charge on any atom is 0.333 e. The van der Waals surface area contributed by atoms with Gasteiger partial charge >= 0.3 is 12.1 Å². The fraction of sp³-hybridized carbons (Fsp3) is 0.282. The third-order valence-electron chi connectivity index (χ3n) is 9.74. The van der Waals surface area contributed by atoms with Crippen LogP contribution in [0, 0.1) is 34.3 Å². The minimum absolute atomic E-state index is 0.137. The molecule has 4 amide bonds. The van der Waals surface area contributed by atoms with E-state index < -0.39 is 41.3 Å². The van der Waals surface area contributed by atoms with Gasteiger partial charge in [-0.15, -0.1) is 0 Å². The van der Waals surface area contributed by atoms with Crippen molar-refractivity contribution in [3.05, 3.63) is 130 Å². The van der Waals surface area contributed by atoms with E-state index in [1.165, 1.54) is 11.0 Å². The SMILES string of the molecule is CCC(NC(=O)N1C(=O)N(Cc2ccc(OC)cc2)c2ccccc2C1c1ccc(F)c(F)c1)N1CCC(C#N)(c2ccccc2C#N)CC1. The van der Waals surface area contributed by atoms with Crippen LogP contribution in [0.5, 0.6) is 5.75 Å². The minimum Gasteiger partial charge on any atom is -0.497 e. The lowest BCUT2D eigenvalue weighted by molar-refractivity contribution is 0.105. The first-order chi connectivity index (χ1) is 24.2. The Hall–Kier alpha value is -5.78. The number of imide groups is 1. The van der Waals surface area contributed by atoms with Crippen molar-refractivity contribution in [3.8, 4) is 17.9 Å². The number of benzene rings is 4. The van der Waals surface area contributed by atoms with E-state index in [9.17, 15) is 28.9 Å². The van der Waals surface area contributed by atoms with E-state index in [-0.39, 0.29) is 12.1 Å². The third kappa shape index (κ3) is 6.36. The molecule has 0 saturated carbocycles.